The normalized spacial score (nSPS) is 13.9. The van der Waals surface area contributed by atoms with Crippen molar-refractivity contribution in [3.05, 3.63) is 36.3 Å². The van der Waals surface area contributed by atoms with Crippen LogP contribution >= 0.6 is 0 Å². The number of hydrogen-bond acceptors (Lipinski definition) is 2. The van der Waals surface area contributed by atoms with E-state index < -0.39 is 0 Å². The number of aromatic nitrogens is 2. The maximum absolute atomic E-state index is 5.64. The van der Waals surface area contributed by atoms with Gasteiger partial charge >= 0.3 is 0 Å². The first-order chi connectivity index (χ1) is 8.72. The Morgan fingerprint density at radius 1 is 1.22 bits per heavy atom. The molecule has 0 radical (unpaired) electrons. The predicted octanol–water partition coefficient (Wildman–Crippen LogP) is 3.28. The fourth-order valence-electron chi connectivity index (χ4n) is 2.37. The van der Waals surface area contributed by atoms with E-state index in [1.807, 2.05) is 26.0 Å². The van der Waals surface area contributed by atoms with Gasteiger partial charge in [0.15, 0.2) is 0 Å². The molecule has 1 aromatic carbocycles. The Kier molecular flexibility index (Phi) is 2.82. The Morgan fingerprint density at radius 2 is 2.00 bits per heavy atom. The molecule has 0 aliphatic carbocycles. The van der Waals surface area contributed by atoms with Crippen molar-refractivity contribution in [2.24, 2.45) is 0 Å². The maximum atomic E-state index is 5.64. The maximum Gasteiger partial charge on any atom is 0.119 e. The number of hydrogen-bond donors (Lipinski definition) is 0. The molecule has 2 heterocycles. The summed E-state index contributed by atoms with van der Waals surface area (Å²) in [4.78, 5) is 4.67. The lowest BCUT2D eigenvalue weighted by atomic mass is 10.1. The predicted molar refractivity (Wildman–Crippen MR) is 71.7 cm³/mol. The highest BCUT2D eigenvalue weighted by Crippen LogP contribution is 2.25. The Bertz CT molecular complexity index is 519. The Hall–Kier alpha value is -1.77. The molecule has 3 rings (SSSR count). The molecule has 0 N–H and O–H groups in total. The number of benzene rings is 1. The molecule has 0 atom stereocenters. The standard InChI is InChI=1S/C15H18N2O/c1-11(2)18-13-7-5-12(6-8-13)14-10-17-9-3-4-15(17)16-14/h5-8,10-11H,3-4,9H2,1-2H3. The fourth-order valence-corrected chi connectivity index (χ4v) is 2.37. The summed E-state index contributed by atoms with van der Waals surface area (Å²) in [5.41, 5.74) is 2.23. The van der Waals surface area contributed by atoms with Crippen LogP contribution in [-0.2, 0) is 13.0 Å². The minimum atomic E-state index is 0.215. The van der Waals surface area contributed by atoms with E-state index in [9.17, 15) is 0 Å². The van der Waals surface area contributed by atoms with Crippen LogP contribution in [0.5, 0.6) is 5.75 Å². The van der Waals surface area contributed by atoms with E-state index in [0.717, 1.165) is 30.0 Å². The lowest BCUT2D eigenvalue weighted by molar-refractivity contribution is 0.242. The van der Waals surface area contributed by atoms with Gasteiger partial charge in [0, 0.05) is 24.7 Å². The van der Waals surface area contributed by atoms with Gasteiger partial charge in [-0.2, -0.15) is 0 Å². The molecule has 0 spiro atoms. The van der Waals surface area contributed by atoms with Crippen LogP contribution in [0.15, 0.2) is 30.5 Å². The van der Waals surface area contributed by atoms with Crippen molar-refractivity contribution < 1.29 is 4.74 Å². The number of imidazole rings is 1. The van der Waals surface area contributed by atoms with Crippen molar-refractivity contribution in [1.82, 2.24) is 9.55 Å². The molecule has 18 heavy (non-hydrogen) atoms. The highest BCUT2D eigenvalue weighted by molar-refractivity contribution is 5.59. The van der Waals surface area contributed by atoms with Crippen LogP contribution in [0.4, 0.5) is 0 Å². The van der Waals surface area contributed by atoms with Crippen molar-refractivity contribution in [3.63, 3.8) is 0 Å². The largest absolute Gasteiger partial charge is 0.491 e. The number of ether oxygens (including phenoxy) is 1. The summed E-state index contributed by atoms with van der Waals surface area (Å²) in [7, 11) is 0. The Morgan fingerprint density at radius 3 is 2.67 bits per heavy atom. The van der Waals surface area contributed by atoms with Gasteiger partial charge in [0.05, 0.1) is 11.8 Å². The first kappa shape index (κ1) is 11.3. The molecule has 0 saturated carbocycles. The van der Waals surface area contributed by atoms with Gasteiger partial charge < -0.3 is 9.30 Å². The van der Waals surface area contributed by atoms with E-state index in [0.29, 0.717) is 0 Å². The molecule has 3 heteroatoms. The first-order valence-corrected chi connectivity index (χ1v) is 6.55. The molecule has 0 bridgehead atoms. The van der Waals surface area contributed by atoms with Crippen LogP contribution in [0.3, 0.4) is 0 Å². The van der Waals surface area contributed by atoms with Crippen molar-refractivity contribution in [3.8, 4) is 17.0 Å². The van der Waals surface area contributed by atoms with E-state index in [-0.39, 0.29) is 6.10 Å². The molecule has 94 valence electrons. The summed E-state index contributed by atoms with van der Waals surface area (Å²) in [6, 6.07) is 8.19. The van der Waals surface area contributed by atoms with E-state index in [1.54, 1.807) is 0 Å². The van der Waals surface area contributed by atoms with E-state index in [1.165, 1.54) is 12.2 Å². The molecule has 1 aliphatic rings. The lowest BCUT2D eigenvalue weighted by Gasteiger charge is -2.09. The summed E-state index contributed by atoms with van der Waals surface area (Å²) >= 11 is 0. The second-order valence-electron chi connectivity index (χ2n) is 5.03. The van der Waals surface area contributed by atoms with Gasteiger partial charge in [-0.1, -0.05) is 0 Å². The minimum absolute atomic E-state index is 0.215. The Balaban J connectivity index is 1.83. The van der Waals surface area contributed by atoms with Gasteiger partial charge in [-0.15, -0.1) is 0 Å². The third-order valence-corrected chi connectivity index (χ3v) is 3.18. The second-order valence-corrected chi connectivity index (χ2v) is 5.03. The van der Waals surface area contributed by atoms with Crippen molar-refractivity contribution >= 4 is 0 Å². The minimum Gasteiger partial charge on any atom is -0.491 e. The lowest BCUT2D eigenvalue weighted by Crippen LogP contribution is -2.05. The van der Waals surface area contributed by atoms with Crippen LogP contribution in [-0.4, -0.2) is 15.7 Å². The number of aryl methyl sites for hydroxylation is 2. The smallest absolute Gasteiger partial charge is 0.119 e. The zero-order chi connectivity index (χ0) is 12.5. The van der Waals surface area contributed by atoms with Crippen molar-refractivity contribution in [2.45, 2.75) is 39.3 Å². The third-order valence-electron chi connectivity index (χ3n) is 3.18. The van der Waals surface area contributed by atoms with E-state index in [2.05, 4.69) is 27.9 Å². The number of rotatable bonds is 3. The number of nitrogens with zero attached hydrogens (tertiary/aromatic N) is 2. The van der Waals surface area contributed by atoms with Gasteiger partial charge in [-0.05, 0) is 44.5 Å². The Labute approximate surface area is 107 Å². The summed E-state index contributed by atoms with van der Waals surface area (Å²) in [6.45, 7) is 5.18. The highest BCUT2D eigenvalue weighted by Gasteiger charge is 2.14. The zero-order valence-electron chi connectivity index (χ0n) is 10.9. The average molecular weight is 242 g/mol. The number of fused-ring (bicyclic) bond motifs is 1. The molecule has 0 saturated heterocycles. The topological polar surface area (TPSA) is 27.1 Å². The first-order valence-electron chi connectivity index (χ1n) is 6.55. The van der Waals surface area contributed by atoms with Crippen LogP contribution in [0.25, 0.3) is 11.3 Å². The van der Waals surface area contributed by atoms with Crippen LogP contribution < -0.4 is 4.74 Å². The summed E-state index contributed by atoms with van der Waals surface area (Å²) in [6.07, 6.45) is 4.70. The van der Waals surface area contributed by atoms with Gasteiger partial charge in [0.2, 0.25) is 0 Å². The molecule has 0 fully saturated rings. The van der Waals surface area contributed by atoms with Crippen molar-refractivity contribution in [1.29, 1.82) is 0 Å². The molecule has 2 aromatic rings. The van der Waals surface area contributed by atoms with Gasteiger partial charge in [-0.25, -0.2) is 4.98 Å². The summed E-state index contributed by atoms with van der Waals surface area (Å²) in [5, 5.41) is 0. The van der Waals surface area contributed by atoms with Crippen LogP contribution in [0, 0.1) is 0 Å². The fraction of sp³-hybridized carbons (Fsp3) is 0.400. The monoisotopic (exact) mass is 242 g/mol. The van der Waals surface area contributed by atoms with Crippen LogP contribution in [0.2, 0.25) is 0 Å². The third kappa shape index (κ3) is 2.13. The van der Waals surface area contributed by atoms with Gasteiger partial charge in [0.1, 0.15) is 11.6 Å². The summed E-state index contributed by atoms with van der Waals surface area (Å²) in [5.74, 6) is 2.13. The average Bonchev–Trinajstić information content (AvgIpc) is 2.89. The zero-order valence-corrected chi connectivity index (χ0v) is 10.9. The molecular weight excluding hydrogens is 224 g/mol. The van der Waals surface area contributed by atoms with Gasteiger partial charge in [-0.3, -0.25) is 0 Å². The van der Waals surface area contributed by atoms with Gasteiger partial charge in [0.25, 0.3) is 0 Å². The second kappa shape index (κ2) is 4.48. The van der Waals surface area contributed by atoms with Crippen molar-refractivity contribution in [2.75, 3.05) is 0 Å². The quantitative estimate of drug-likeness (QED) is 0.826. The SMILES string of the molecule is CC(C)Oc1ccc(-c2cn3c(n2)CCC3)cc1. The molecule has 3 nitrogen and oxygen atoms in total. The van der Waals surface area contributed by atoms with Crippen LogP contribution in [0.1, 0.15) is 26.1 Å². The summed E-state index contributed by atoms with van der Waals surface area (Å²) < 4.78 is 7.90. The molecular formula is C15H18N2O. The highest BCUT2D eigenvalue weighted by atomic mass is 16.5. The van der Waals surface area contributed by atoms with E-state index in [4.69, 9.17) is 4.74 Å². The molecule has 1 aliphatic heterocycles. The molecule has 0 amide bonds. The molecule has 1 aromatic heterocycles. The molecule has 0 unspecified atom stereocenters. The van der Waals surface area contributed by atoms with E-state index >= 15 is 0 Å².